The van der Waals surface area contributed by atoms with Crippen molar-refractivity contribution in [2.24, 2.45) is 11.8 Å². The molecule has 6 nitrogen and oxygen atoms in total. The van der Waals surface area contributed by atoms with Crippen molar-refractivity contribution < 1.29 is 14.4 Å². The quantitative estimate of drug-likeness (QED) is 0.491. The standard InChI is InChI=1S/C29H41N3O3/c1-31(2)18-26-28(34-20-22-7-8-22)12-10-25-27(30-35-29(25)26)11-9-21-13-15-32(16-14-21)17-23-5-3-4-6-24(23)19-33/h4,6,10,12,21-22,33H,3,5,7-9,11,13-20H2,1-2H3. The number of aryl methyl sites for hydroxylation is 1. The van der Waals surface area contributed by atoms with Crippen LogP contribution in [-0.4, -0.2) is 67.0 Å². The lowest BCUT2D eigenvalue weighted by molar-refractivity contribution is 0.189. The summed E-state index contributed by atoms with van der Waals surface area (Å²) in [7, 11) is 4.17. The second kappa shape index (κ2) is 11.3. The smallest absolute Gasteiger partial charge is 0.175 e. The normalized spacial score (nSPS) is 19.9. The molecule has 1 aliphatic heterocycles. The van der Waals surface area contributed by atoms with Crippen molar-refractivity contribution in [2.45, 2.75) is 57.9 Å². The molecule has 1 saturated carbocycles. The fourth-order valence-electron chi connectivity index (χ4n) is 5.52. The van der Waals surface area contributed by atoms with E-state index in [1.807, 2.05) is 0 Å². The summed E-state index contributed by atoms with van der Waals surface area (Å²) in [5.74, 6) is 2.40. The lowest BCUT2D eigenvalue weighted by Crippen LogP contribution is -2.35. The maximum atomic E-state index is 9.64. The van der Waals surface area contributed by atoms with E-state index in [2.05, 4.69) is 53.3 Å². The number of aliphatic hydroxyl groups is 1. The molecule has 2 aliphatic carbocycles. The van der Waals surface area contributed by atoms with Gasteiger partial charge >= 0.3 is 0 Å². The molecule has 1 N–H and O–H groups in total. The predicted molar refractivity (Wildman–Crippen MR) is 140 cm³/mol. The van der Waals surface area contributed by atoms with Crippen LogP contribution >= 0.6 is 0 Å². The van der Waals surface area contributed by atoms with Crippen molar-refractivity contribution in [2.75, 3.05) is 46.9 Å². The van der Waals surface area contributed by atoms with Gasteiger partial charge in [-0.05, 0) is 108 Å². The van der Waals surface area contributed by atoms with Gasteiger partial charge in [0.05, 0.1) is 24.5 Å². The van der Waals surface area contributed by atoms with Crippen LogP contribution in [0, 0.1) is 11.8 Å². The van der Waals surface area contributed by atoms with Gasteiger partial charge in [-0.15, -0.1) is 0 Å². The van der Waals surface area contributed by atoms with Gasteiger partial charge in [0, 0.05) is 18.5 Å². The van der Waals surface area contributed by atoms with Gasteiger partial charge in [0.15, 0.2) is 5.58 Å². The van der Waals surface area contributed by atoms with Crippen molar-refractivity contribution in [1.82, 2.24) is 15.0 Å². The van der Waals surface area contributed by atoms with Crippen LogP contribution < -0.4 is 4.74 Å². The molecule has 0 spiro atoms. The number of nitrogens with zero attached hydrogens (tertiary/aromatic N) is 3. The van der Waals surface area contributed by atoms with Crippen molar-refractivity contribution >= 4 is 11.0 Å². The predicted octanol–water partition coefficient (Wildman–Crippen LogP) is 4.96. The zero-order valence-electron chi connectivity index (χ0n) is 21.5. The van der Waals surface area contributed by atoms with Gasteiger partial charge in [0.25, 0.3) is 0 Å². The fraction of sp³-hybridized carbons (Fsp3) is 0.621. The number of hydrogen-bond donors (Lipinski definition) is 1. The van der Waals surface area contributed by atoms with E-state index in [9.17, 15) is 5.11 Å². The summed E-state index contributed by atoms with van der Waals surface area (Å²) in [6, 6.07) is 4.27. The SMILES string of the molecule is CN(C)Cc1c(OCC2CC2)ccc2c(CCC3CCN(CC4=C(CO)C=CCC4)CC3)noc12. The number of fused-ring (bicyclic) bond motifs is 1. The number of benzene rings is 1. The summed E-state index contributed by atoms with van der Waals surface area (Å²) in [5, 5.41) is 15.3. The maximum Gasteiger partial charge on any atom is 0.175 e. The number of ether oxygens (including phenoxy) is 1. The molecule has 2 fully saturated rings. The van der Waals surface area contributed by atoms with Crippen LogP contribution in [0.3, 0.4) is 0 Å². The summed E-state index contributed by atoms with van der Waals surface area (Å²) in [6.07, 6.45) is 13.7. The van der Waals surface area contributed by atoms with Crippen LogP contribution in [-0.2, 0) is 13.0 Å². The summed E-state index contributed by atoms with van der Waals surface area (Å²) < 4.78 is 12.1. The Morgan fingerprint density at radius 2 is 1.97 bits per heavy atom. The van der Waals surface area contributed by atoms with Gasteiger partial charge in [-0.25, -0.2) is 0 Å². The summed E-state index contributed by atoms with van der Waals surface area (Å²) in [5.41, 5.74) is 5.66. The van der Waals surface area contributed by atoms with Crippen LogP contribution in [0.2, 0.25) is 0 Å². The van der Waals surface area contributed by atoms with E-state index in [0.29, 0.717) is 0 Å². The second-order valence-electron chi connectivity index (χ2n) is 11.0. The Morgan fingerprint density at radius 3 is 2.71 bits per heavy atom. The first-order valence-corrected chi connectivity index (χ1v) is 13.5. The number of rotatable bonds is 11. The first kappa shape index (κ1) is 24.5. The highest BCUT2D eigenvalue weighted by Crippen LogP contribution is 2.35. The molecule has 190 valence electrons. The molecular weight excluding hydrogens is 438 g/mol. The first-order chi connectivity index (χ1) is 17.1. The average Bonchev–Trinajstić information content (AvgIpc) is 3.61. The number of likely N-dealkylation sites (tertiary alicyclic amines) is 1. The van der Waals surface area contributed by atoms with Gasteiger partial charge in [0.1, 0.15) is 5.75 Å². The lowest BCUT2D eigenvalue weighted by atomic mass is 9.90. The molecular formula is C29H41N3O3. The molecule has 35 heavy (non-hydrogen) atoms. The molecule has 3 aliphatic rings. The minimum Gasteiger partial charge on any atom is -0.493 e. The third-order valence-corrected chi connectivity index (χ3v) is 7.89. The van der Waals surface area contributed by atoms with E-state index in [1.165, 1.54) is 31.3 Å². The van der Waals surface area contributed by atoms with Crippen LogP contribution in [0.5, 0.6) is 5.75 Å². The summed E-state index contributed by atoms with van der Waals surface area (Å²) in [4.78, 5) is 4.74. The zero-order chi connectivity index (χ0) is 24.2. The highest BCUT2D eigenvalue weighted by molar-refractivity contribution is 5.84. The molecule has 1 aromatic heterocycles. The zero-order valence-corrected chi connectivity index (χ0v) is 21.5. The molecule has 2 aromatic rings. The Morgan fingerprint density at radius 1 is 1.14 bits per heavy atom. The largest absolute Gasteiger partial charge is 0.493 e. The topological polar surface area (TPSA) is 62.0 Å². The van der Waals surface area contributed by atoms with Crippen molar-refractivity contribution in [3.8, 4) is 5.75 Å². The molecule has 1 aromatic carbocycles. The third kappa shape index (κ3) is 6.16. The minimum absolute atomic E-state index is 0.165. The van der Waals surface area contributed by atoms with Gasteiger partial charge in [0.2, 0.25) is 0 Å². The Kier molecular flexibility index (Phi) is 7.91. The molecule has 0 radical (unpaired) electrons. The fourth-order valence-corrected chi connectivity index (χ4v) is 5.52. The Labute approximate surface area is 209 Å². The van der Waals surface area contributed by atoms with E-state index in [-0.39, 0.29) is 6.61 Å². The van der Waals surface area contributed by atoms with E-state index in [1.54, 1.807) is 0 Å². The molecule has 0 bridgehead atoms. The third-order valence-electron chi connectivity index (χ3n) is 7.89. The van der Waals surface area contributed by atoms with Gasteiger partial charge in [-0.3, -0.25) is 4.90 Å². The Balaban J connectivity index is 1.18. The highest BCUT2D eigenvalue weighted by atomic mass is 16.5. The second-order valence-corrected chi connectivity index (χ2v) is 11.0. The monoisotopic (exact) mass is 479 g/mol. The van der Waals surface area contributed by atoms with Gasteiger partial charge < -0.3 is 19.3 Å². The highest BCUT2D eigenvalue weighted by Gasteiger charge is 2.25. The number of allylic oxidation sites excluding steroid dienone is 1. The van der Waals surface area contributed by atoms with Crippen LogP contribution in [0.15, 0.2) is 40.0 Å². The Hall–Kier alpha value is -2.15. The van der Waals surface area contributed by atoms with E-state index in [4.69, 9.17) is 9.26 Å². The summed E-state index contributed by atoms with van der Waals surface area (Å²) >= 11 is 0. The molecule has 2 heterocycles. The number of aliphatic hydroxyl groups excluding tert-OH is 1. The number of hydrogen-bond acceptors (Lipinski definition) is 6. The molecule has 0 amide bonds. The maximum absolute atomic E-state index is 9.64. The number of aromatic nitrogens is 1. The van der Waals surface area contributed by atoms with Crippen LogP contribution in [0.1, 0.15) is 56.2 Å². The first-order valence-electron chi connectivity index (χ1n) is 13.5. The van der Waals surface area contributed by atoms with E-state index >= 15 is 0 Å². The lowest BCUT2D eigenvalue weighted by Gasteiger charge is -2.33. The molecule has 0 atom stereocenters. The van der Waals surface area contributed by atoms with Crippen molar-refractivity contribution in [3.63, 3.8) is 0 Å². The van der Waals surface area contributed by atoms with Crippen LogP contribution in [0.25, 0.3) is 11.0 Å². The minimum atomic E-state index is 0.165. The van der Waals surface area contributed by atoms with E-state index in [0.717, 1.165) is 104 Å². The molecule has 1 saturated heterocycles. The van der Waals surface area contributed by atoms with Crippen molar-refractivity contribution in [3.05, 3.63) is 46.7 Å². The molecule has 6 heteroatoms. The Bertz CT molecular complexity index is 1060. The molecule has 0 unspecified atom stereocenters. The van der Waals surface area contributed by atoms with Crippen LogP contribution in [0.4, 0.5) is 0 Å². The van der Waals surface area contributed by atoms with Gasteiger partial charge in [-0.2, -0.15) is 0 Å². The van der Waals surface area contributed by atoms with Crippen molar-refractivity contribution in [1.29, 1.82) is 0 Å². The number of piperidine rings is 1. The summed E-state index contributed by atoms with van der Waals surface area (Å²) in [6.45, 7) is 5.06. The molecule has 5 rings (SSSR count). The average molecular weight is 480 g/mol. The van der Waals surface area contributed by atoms with Gasteiger partial charge in [-0.1, -0.05) is 22.9 Å². The van der Waals surface area contributed by atoms with E-state index < -0.39 is 0 Å².